The molecule has 0 bridgehead atoms. The molecule has 8 heteroatoms. The summed E-state index contributed by atoms with van der Waals surface area (Å²) in [4.78, 5) is 26.9. The van der Waals surface area contributed by atoms with Gasteiger partial charge >= 0.3 is 0 Å². The highest BCUT2D eigenvalue weighted by Gasteiger charge is 2.27. The number of fused-ring (bicyclic) bond motifs is 1. The Bertz CT molecular complexity index is 1090. The highest BCUT2D eigenvalue weighted by molar-refractivity contribution is 6.44. The predicted molar refractivity (Wildman–Crippen MR) is 109 cm³/mol. The van der Waals surface area contributed by atoms with Gasteiger partial charge in [-0.05, 0) is 48.4 Å². The molecule has 0 spiro atoms. The predicted octanol–water partition coefficient (Wildman–Crippen LogP) is 4.18. The van der Waals surface area contributed by atoms with Gasteiger partial charge in [0.15, 0.2) is 5.69 Å². The van der Waals surface area contributed by atoms with E-state index in [0.717, 1.165) is 11.3 Å². The lowest BCUT2D eigenvalue weighted by molar-refractivity contribution is 0.0982. The molecule has 1 aliphatic heterocycles. The molecule has 0 aliphatic carbocycles. The van der Waals surface area contributed by atoms with Crippen LogP contribution < -0.4 is 10.2 Å². The van der Waals surface area contributed by atoms with Gasteiger partial charge in [-0.2, -0.15) is 5.10 Å². The van der Waals surface area contributed by atoms with Crippen LogP contribution in [0, 0.1) is 0 Å². The maximum Gasteiger partial charge on any atom is 0.278 e. The van der Waals surface area contributed by atoms with E-state index in [4.69, 9.17) is 23.2 Å². The first-order valence-electron chi connectivity index (χ1n) is 8.64. The zero-order valence-corrected chi connectivity index (χ0v) is 16.5. The number of anilines is 2. The van der Waals surface area contributed by atoms with E-state index >= 15 is 0 Å². The van der Waals surface area contributed by atoms with Crippen molar-refractivity contribution in [2.75, 3.05) is 16.8 Å². The smallest absolute Gasteiger partial charge is 0.278 e. The van der Waals surface area contributed by atoms with E-state index in [2.05, 4.69) is 10.4 Å². The maximum atomic E-state index is 12.7. The standard InChI is InChI=1S/C20H16Cl2N4O2/c1-25-9-8-16(24-25)20(28)26-10-7-12-11-13(5-6-17(12)26)23-19(27)14-3-2-4-15(21)18(14)22/h2-6,8-9,11H,7,10H2,1H3,(H,23,27). The molecule has 0 fully saturated rings. The highest BCUT2D eigenvalue weighted by Crippen LogP contribution is 2.32. The number of hydrogen-bond donors (Lipinski definition) is 1. The summed E-state index contributed by atoms with van der Waals surface area (Å²) < 4.78 is 1.60. The van der Waals surface area contributed by atoms with E-state index in [1.807, 2.05) is 12.1 Å². The first-order chi connectivity index (χ1) is 13.4. The van der Waals surface area contributed by atoms with Crippen molar-refractivity contribution in [3.05, 3.63) is 75.5 Å². The molecule has 0 saturated heterocycles. The molecule has 1 aliphatic rings. The minimum atomic E-state index is -0.341. The minimum Gasteiger partial charge on any atom is -0.322 e. The van der Waals surface area contributed by atoms with E-state index in [9.17, 15) is 9.59 Å². The number of hydrogen-bond acceptors (Lipinski definition) is 3. The quantitative estimate of drug-likeness (QED) is 0.698. The molecular weight excluding hydrogens is 399 g/mol. The second kappa shape index (κ2) is 7.30. The largest absolute Gasteiger partial charge is 0.322 e. The molecule has 6 nitrogen and oxygen atoms in total. The van der Waals surface area contributed by atoms with E-state index < -0.39 is 0 Å². The van der Waals surface area contributed by atoms with Crippen molar-refractivity contribution in [2.45, 2.75) is 6.42 Å². The second-order valence-electron chi connectivity index (χ2n) is 6.48. The number of aromatic nitrogens is 2. The number of halogens is 2. The van der Waals surface area contributed by atoms with E-state index in [-0.39, 0.29) is 16.8 Å². The monoisotopic (exact) mass is 414 g/mol. The van der Waals surface area contributed by atoms with Crippen molar-refractivity contribution in [3.63, 3.8) is 0 Å². The van der Waals surface area contributed by atoms with Gasteiger partial charge in [-0.15, -0.1) is 0 Å². The van der Waals surface area contributed by atoms with Crippen molar-refractivity contribution in [2.24, 2.45) is 7.05 Å². The average molecular weight is 415 g/mol. The molecule has 2 amide bonds. The van der Waals surface area contributed by atoms with E-state index in [0.29, 0.717) is 34.9 Å². The molecule has 28 heavy (non-hydrogen) atoms. The van der Waals surface area contributed by atoms with Crippen molar-refractivity contribution < 1.29 is 9.59 Å². The summed E-state index contributed by atoms with van der Waals surface area (Å²) in [6.07, 6.45) is 2.44. The first kappa shape index (κ1) is 18.5. The second-order valence-corrected chi connectivity index (χ2v) is 7.27. The van der Waals surface area contributed by atoms with Crippen LogP contribution in [0.4, 0.5) is 11.4 Å². The third kappa shape index (κ3) is 3.37. The molecule has 2 heterocycles. The van der Waals surface area contributed by atoms with Crippen LogP contribution in [0.5, 0.6) is 0 Å². The summed E-state index contributed by atoms with van der Waals surface area (Å²) in [6, 6.07) is 12.1. The SMILES string of the molecule is Cn1ccc(C(=O)N2CCc3cc(NC(=O)c4cccc(Cl)c4Cl)ccc32)n1. The Morgan fingerprint density at radius 2 is 1.96 bits per heavy atom. The molecule has 0 atom stereocenters. The summed E-state index contributed by atoms with van der Waals surface area (Å²) in [6.45, 7) is 0.572. The molecule has 0 radical (unpaired) electrons. The molecule has 1 N–H and O–H groups in total. The molecule has 142 valence electrons. The number of nitrogens with zero attached hydrogens (tertiary/aromatic N) is 3. The lowest BCUT2D eigenvalue weighted by Crippen LogP contribution is -2.29. The normalized spacial score (nSPS) is 12.8. The Kier molecular flexibility index (Phi) is 4.83. The van der Waals surface area contributed by atoms with Gasteiger partial charge in [0.25, 0.3) is 11.8 Å². The highest BCUT2D eigenvalue weighted by atomic mass is 35.5. The fraction of sp³-hybridized carbons (Fsp3) is 0.150. The number of benzene rings is 2. The van der Waals surface area contributed by atoms with E-state index in [1.54, 1.807) is 53.2 Å². The Hall–Kier alpha value is -2.83. The van der Waals surface area contributed by atoms with Gasteiger partial charge in [0.1, 0.15) is 0 Å². The molecule has 1 aromatic heterocycles. The Labute approximate surface area is 171 Å². The maximum absolute atomic E-state index is 12.7. The molecule has 4 rings (SSSR count). The minimum absolute atomic E-state index is 0.137. The van der Waals surface area contributed by atoms with Crippen molar-refractivity contribution in [3.8, 4) is 0 Å². The van der Waals surface area contributed by atoms with Gasteiger partial charge in [0.05, 0.1) is 15.6 Å². The third-order valence-corrected chi connectivity index (χ3v) is 5.43. The van der Waals surface area contributed by atoms with Crippen LogP contribution in [0.2, 0.25) is 10.0 Å². The zero-order chi connectivity index (χ0) is 19.8. The van der Waals surface area contributed by atoms with Crippen molar-refractivity contribution >= 4 is 46.4 Å². The summed E-state index contributed by atoms with van der Waals surface area (Å²) in [7, 11) is 1.77. The Morgan fingerprint density at radius 1 is 1.14 bits per heavy atom. The third-order valence-electron chi connectivity index (χ3n) is 4.61. The number of carbonyl (C=O) groups is 2. The van der Waals surface area contributed by atoms with Crippen LogP contribution in [-0.4, -0.2) is 28.1 Å². The first-order valence-corrected chi connectivity index (χ1v) is 9.39. The average Bonchev–Trinajstić information content (AvgIpc) is 3.29. The van der Waals surface area contributed by atoms with Gasteiger partial charge < -0.3 is 10.2 Å². The van der Waals surface area contributed by atoms with Gasteiger partial charge in [0, 0.05) is 31.2 Å². The number of rotatable bonds is 3. The fourth-order valence-corrected chi connectivity index (χ4v) is 3.62. The van der Waals surface area contributed by atoms with Crippen molar-refractivity contribution in [1.29, 1.82) is 0 Å². The van der Waals surface area contributed by atoms with Gasteiger partial charge in [-0.3, -0.25) is 14.3 Å². The number of carbonyl (C=O) groups excluding carboxylic acids is 2. The van der Waals surface area contributed by atoms with Crippen LogP contribution in [0.3, 0.4) is 0 Å². The molecular formula is C20H16Cl2N4O2. The summed E-state index contributed by atoms with van der Waals surface area (Å²) in [5.74, 6) is -0.478. The van der Waals surface area contributed by atoms with Gasteiger partial charge in [0.2, 0.25) is 0 Å². The summed E-state index contributed by atoms with van der Waals surface area (Å²) >= 11 is 12.1. The number of aryl methyl sites for hydroxylation is 1. The molecule has 3 aromatic rings. The van der Waals surface area contributed by atoms with Crippen LogP contribution in [-0.2, 0) is 13.5 Å². The van der Waals surface area contributed by atoms with Gasteiger partial charge in [-0.1, -0.05) is 29.3 Å². The molecule has 0 saturated carbocycles. The number of amides is 2. The fourth-order valence-electron chi connectivity index (χ4n) is 3.24. The lowest BCUT2D eigenvalue weighted by Gasteiger charge is -2.16. The Balaban J connectivity index is 1.54. The lowest BCUT2D eigenvalue weighted by atomic mass is 10.1. The molecule has 2 aromatic carbocycles. The van der Waals surface area contributed by atoms with Crippen LogP contribution in [0.1, 0.15) is 26.4 Å². The Morgan fingerprint density at radius 3 is 2.71 bits per heavy atom. The van der Waals surface area contributed by atoms with Gasteiger partial charge in [-0.25, -0.2) is 0 Å². The van der Waals surface area contributed by atoms with Crippen LogP contribution in [0.15, 0.2) is 48.7 Å². The summed E-state index contributed by atoms with van der Waals surface area (Å²) in [5.41, 5.74) is 3.16. The zero-order valence-electron chi connectivity index (χ0n) is 14.9. The van der Waals surface area contributed by atoms with E-state index in [1.165, 1.54) is 0 Å². The van der Waals surface area contributed by atoms with Crippen molar-refractivity contribution in [1.82, 2.24) is 9.78 Å². The van der Waals surface area contributed by atoms with Crippen LogP contribution >= 0.6 is 23.2 Å². The summed E-state index contributed by atoms with van der Waals surface area (Å²) in [5, 5.41) is 7.56. The number of nitrogens with one attached hydrogen (secondary N) is 1. The molecule has 0 unspecified atom stereocenters. The van der Waals surface area contributed by atoms with Crippen LogP contribution in [0.25, 0.3) is 0 Å². The topological polar surface area (TPSA) is 67.2 Å².